The number of benzene rings is 1. The first-order chi connectivity index (χ1) is 8.66. The normalized spacial score (nSPS) is 10.8. The monoisotopic (exact) mass is 267 g/mol. The van der Waals surface area contributed by atoms with E-state index in [9.17, 15) is 4.79 Å². The quantitative estimate of drug-likeness (QED) is 0.810. The number of halogens is 1. The van der Waals surface area contributed by atoms with Gasteiger partial charge in [-0.3, -0.25) is 4.79 Å². The molecule has 2 aromatic rings. The lowest BCUT2D eigenvalue weighted by atomic mass is 10.3. The van der Waals surface area contributed by atoms with Gasteiger partial charge in [0.05, 0.1) is 11.6 Å². The molecule has 1 heterocycles. The van der Waals surface area contributed by atoms with Gasteiger partial charge in [0, 0.05) is 20.0 Å². The van der Waals surface area contributed by atoms with Crippen LogP contribution in [-0.2, 0) is 11.3 Å². The van der Waals surface area contributed by atoms with Crippen molar-refractivity contribution in [3.63, 3.8) is 0 Å². The molecule has 0 fully saturated rings. The number of fused-ring (bicyclic) bond motifs is 1. The van der Waals surface area contributed by atoms with Crippen LogP contribution < -0.4 is 10.6 Å². The molecule has 1 aromatic heterocycles. The summed E-state index contributed by atoms with van der Waals surface area (Å²) in [5, 5.41) is 6.38. The molecule has 1 aromatic carbocycles. The summed E-state index contributed by atoms with van der Waals surface area (Å²) in [4.78, 5) is 15.0. The molecule has 0 saturated carbocycles. The number of nitrogens with one attached hydrogen (secondary N) is 2. The van der Waals surface area contributed by atoms with Gasteiger partial charge >= 0.3 is 0 Å². The van der Waals surface area contributed by atoms with Crippen molar-refractivity contribution in [1.82, 2.24) is 15.6 Å². The third-order valence-electron chi connectivity index (χ3n) is 2.36. The van der Waals surface area contributed by atoms with Crippen molar-refractivity contribution in [2.45, 2.75) is 13.5 Å². The highest BCUT2D eigenvalue weighted by Crippen LogP contribution is 2.23. The summed E-state index contributed by atoms with van der Waals surface area (Å²) < 4.78 is 5.53. The third kappa shape index (κ3) is 3.21. The molecule has 2 N–H and O–H groups in total. The van der Waals surface area contributed by atoms with Crippen LogP contribution in [0.3, 0.4) is 0 Å². The Hall–Kier alpha value is -1.59. The number of rotatable bonds is 5. The number of amides is 1. The Bertz CT molecular complexity index is 553. The van der Waals surface area contributed by atoms with E-state index >= 15 is 0 Å². The van der Waals surface area contributed by atoms with Gasteiger partial charge in [0.25, 0.3) is 0 Å². The molecule has 0 atom stereocenters. The lowest BCUT2D eigenvalue weighted by Crippen LogP contribution is -2.29. The predicted molar refractivity (Wildman–Crippen MR) is 69.4 cm³/mol. The number of hydrogen-bond donors (Lipinski definition) is 2. The van der Waals surface area contributed by atoms with Gasteiger partial charge in [0.2, 0.25) is 11.8 Å². The van der Waals surface area contributed by atoms with E-state index in [4.69, 9.17) is 16.0 Å². The second-order valence-corrected chi connectivity index (χ2v) is 4.26. The summed E-state index contributed by atoms with van der Waals surface area (Å²) in [5.41, 5.74) is 1.36. The van der Waals surface area contributed by atoms with Crippen molar-refractivity contribution in [2.75, 3.05) is 13.1 Å². The minimum atomic E-state index is -0.0366. The van der Waals surface area contributed by atoms with Gasteiger partial charge in [0.15, 0.2) is 5.58 Å². The first kappa shape index (κ1) is 12.9. The maximum absolute atomic E-state index is 10.6. The molecule has 0 aliphatic rings. The summed E-state index contributed by atoms with van der Waals surface area (Å²) in [5.74, 6) is 0.548. The zero-order chi connectivity index (χ0) is 13.0. The lowest BCUT2D eigenvalue weighted by molar-refractivity contribution is -0.118. The number of carbonyl (C=O) groups is 1. The second kappa shape index (κ2) is 5.84. The average Bonchev–Trinajstić information content (AvgIpc) is 2.72. The highest BCUT2D eigenvalue weighted by atomic mass is 35.5. The standard InChI is InChI=1S/C12H14ClN3O2/c1-8(17)15-6-5-14-7-11-16-10-4-2-3-9(13)12(10)18-11/h2-4,14H,5-7H2,1H3,(H,15,17). The molecular formula is C12H14ClN3O2. The molecule has 0 aliphatic carbocycles. The fourth-order valence-electron chi connectivity index (χ4n) is 1.56. The van der Waals surface area contributed by atoms with Crippen molar-refractivity contribution in [2.24, 2.45) is 0 Å². The zero-order valence-corrected chi connectivity index (χ0v) is 10.8. The third-order valence-corrected chi connectivity index (χ3v) is 2.66. The van der Waals surface area contributed by atoms with Gasteiger partial charge in [-0.25, -0.2) is 4.98 Å². The van der Waals surface area contributed by atoms with E-state index in [0.717, 1.165) is 5.52 Å². The van der Waals surface area contributed by atoms with Crippen molar-refractivity contribution in [1.29, 1.82) is 0 Å². The van der Waals surface area contributed by atoms with E-state index in [-0.39, 0.29) is 5.91 Å². The summed E-state index contributed by atoms with van der Waals surface area (Å²) in [6.07, 6.45) is 0. The van der Waals surface area contributed by atoms with Gasteiger partial charge in [-0.1, -0.05) is 17.7 Å². The number of para-hydroxylation sites is 1. The molecule has 96 valence electrons. The number of nitrogens with zero attached hydrogens (tertiary/aromatic N) is 1. The van der Waals surface area contributed by atoms with Crippen LogP contribution in [0, 0.1) is 0 Å². The lowest BCUT2D eigenvalue weighted by Gasteiger charge is -2.02. The molecular weight excluding hydrogens is 254 g/mol. The van der Waals surface area contributed by atoms with E-state index in [2.05, 4.69) is 15.6 Å². The van der Waals surface area contributed by atoms with Crippen LogP contribution in [0.1, 0.15) is 12.8 Å². The van der Waals surface area contributed by atoms with Gasteiger partial charge in [-0.05, 0) is 12.1 Å². The molecule has 0 spiro atoms. The summed E-state index contributed by atoms with van der Waals surface area (Å²) in [6, 6.07) is 5.45. The van der Waals surface area contributed by atoms with E-state index in [0.29, 0.717) is 36.1 Å². The predicted octanol–water partition coefficient (Wildman–Crippen LogP) is 1.71. The number of aromatic nitrogens is 1. The van der Waals surface area contributed by atoms with Crippen LogP contribution in [0.15, 0.2) is 22.6 Å². The van der Waals surface area contributed by atoms with Crippen LogP contribution in [-0.4, -0.2) is 24.0 Å². The number of hydrogen-bond acceptors (Lipinski definition) is 4. The Morgan fingerprint density at radius 1 is 1.44 bits per heavy atom. The maximum Gasteiger partial charge on any atom is 0.216 e. The molecule has 1 amide bonds. The molecule has 0 bridgehead atoms. The Morgan fingerprint density at radius 2 is 2.28 bits per heavy atom. The van der Waals surface area contributed by atoms with E-state index in [1.807, 2.05) is 12.1 Å². The molecule has 18 heavy (non-hydrogen) atoms. The van der Waals surface area contributed by atoms with Crippen LogP contribution in [0.2, 0.25) is 5.02 Å². The van der Waals surface area contributed by atoms with Crippen LogP contribution in [0.25, 0.3) is 11.1 Å². The largest absolute Gasteiger partial charge is 0.438 e. The number of carbonyl (C=O) groups excluding carboxylic acids is 1. The van der Waals surface area contributed by atoms with Gasteiger partial charge in [-0.2, -0.15) is 0 Å². The smallest absolute Gasteiger partial charge is 0.216 e. The molecule has 5 nitrogen and oxygen atoms in total. The Balaban J connectivity index is 1.88. The van der Waals surface area contributed by atoms with Crippen molar-refractivity contribution in [3.05, 3.63) is 29.1 Å². The van der Waals surface area contributed by atoms with Gasteiger partial charge in [0.1, 0.15) is 5.52 Å². The van der Waals surface area contributed by atoms with Gasteiger partial charge in [-0.15, -0.1) is 0 Å². The molecule has 0 unspecified atom stereocenters. The van der Waals surface area contributed by atoms with Crippen LogP contribution >= 0.6 is 11.6 Å². The van der Waals surface area contributed by atoms with Crippen molar-refractivity contribution < 1.29 is 9.21 Å². The molecule has 2 rings (SSSR count). The van der Waals surface area contributed by atoms with Crippen molar-refractivity contribution >= 4 is 28.6 Å². The highest BCUT2D eigenvalue weighted by molar-refractivity contribution is 6.34. The molecule has 0 aliphatic heterocycles. The van der Waals surface area contributed by atoms with E-state index in [1.165, 1.54) is 6.92 Å². The molecule has 0 saturated heterocycles. The van der Waals surface area contributed by atoms with Crippen LogP contribution in [0.5, 0.6) is 0 Å². The fraction of sp³-hybridized carbons (Fsp3) is 0.333. The van der Waals surface area contributed by atoms with Crippen LogP contribution in [0.4, 0.5) is 0 Å². The SMILES string of the molecule is CC(=O)NCCNCc1nc2cccc(Cl)c2o1. The minimum Gasteiger partial charge on any atom is -0.438 e. The van der Waals surface area contributed by atoms with Gasteiger partial charge < -0.3 is 15.1 Å². The Labute approximate surface area is 110 Å². The fourth-order valence-corrected chi connectivity index (χ4v) is 1.77. The minimum absolute atomic E-state index is 0.0366. The number of oxazole rings is 1. The summed E-state index contributed by atoms with van der Waals surface area (Å²) >= 11 is 5.99. The summed E-state index contributed by atoms with van der Waals surface area (Å²) in [6.45, 7) is 3.23. The zero-order valence-electron chi connectivity index (χ0n) is 10.00. The first-order valence-electron chi connectivity index (χ1n) is 5.66. The average molecular weight is 268 g/mol. The Kier molecular flexibility index (Phi) is 4.17. The Morgan fingerprint density at radius 3 is 3.00 bits per heavy atom. The first-order valence-corrected chi connectivity index (χ1v) is 6.03. The summed E-state index contributed by atoms with van der Waals surface area (Å²) in [7, 11) is 0. The molecule has 0 radical (unpaired) electrons. The van der Waals surface area contributed by atoms with E-state index in [1.54, 1.807) is 6.07 Å². The van der Waals surface area contributed by atoms with E-state index < -0.39 is 0 Å². The highest BCUT2D eigenvalue weighted by Gasteiger charge is 2.07. The van der Waals surface area contributed by atoms with Crippen molar-refractivity contribution in [3.8, 4) is 0 Å². The molecule has 6 heteroatoms. The maximum atomic E-state index is 10.6. The topological polar surface area (TPSA) is 67.2 Å². The second-order valence-electron chi connectivity index (χ2n) is 3.86.